The molecule has 1 aliphatic heterocycles. The second kappa shape index (κ2) is 10.1. The third-order valence-corrected chi connectivity index (χ3v) is 9.37. The molecule has 6 aromatic rings. The number of fused-ring (bicyclic) bond motifs is 9. The van der Waals surface area contributed by atoms with E-state index in [0.717, 1.165) is 56.5 Å². The summed E-state index contributed by atoms with van der Waals surface area (Å²) in [5, 5.41) is 0. The summed E-state index contributed by atoms with van der Waals surface area (Å²) in [6, 6.07) is 49.4. The molecule has 2 bridgehead atoms. The quantitative estimate of drug-likeness (QED) is 0.210. The van der Waals surface area contributed by atoms with E-state index in [0.29, 0.717) is 0 Å². The highest BCUT2D eigenvalue weighted by atomic mass is 15.2. The minimum absolute atomic E-state index is 0.0253. The topological polar surface area (TPSA) is 29.0 Å². The number of hydrogen-bond donors (Lipinski definition) is 0. The van der Waals surface area contributed by atoms with Gasteiger partial charge < -0.3 is 4.90 Å². The summed E-state index contributed by atoms with van der Waals surface area (Å²) in [4.78, 5) is 13.4. The number of rotatable bonds is 3. The molecule has 2 aliphatic carbocycles. The van der Waals surface area contributed by atoms with E-state index in [-0.39, 0.29) is 5.92 Å². The molecule has 0 N–H and O–H groups in total. The van der Waals surface area contributed by atoms with E-state index in [4.69, 9.17) is 9.97 Å². The lowest BCUT2D eigenvalue weighted by molar-refractivity contribution is 0.497. The van der Waals surface area contributed by atoms with Crippen LogP contribution in [0.1, 0.15) is 22.4 Å². The van der Waals surface area contributed by atoms with E-state index in [2.05, 4.69) is 169 Å². The predicted octanol–water partition coefficient (Wildman–Crippen LogP) is 10.1. The monoisotopic (exact) mass is 575 g/mol. The van der Waals surface area contributed by atoms with Crippen molar-refractivity contribution >= 4 is 22.6 Å². The normalized spacial score (nSPS) is 16.8. The first-order chi connectivity index (χ1) is 22.3. The van der Waals surface area contributed by atoms with Crippen LogP contribution in [0.4, 0.5) is 17.1 Å². The van der Waals surface area contributed by atoms with Crippen LogP contribution in [0.3, 0.4) is 0 Å². The van der Waals surface area contributed by atoms with Crippen LogP contribution in [-0.2, 0) is 5.41 Å². The number of anilines is 3. The van der Waals surface area contributed by atoms with Gasteiger partial charge in [0.15, 0.2) is 5.82 Å². The van der Waals surface area contributed by atoms with Gasteiger partial charge in [-0.2, -0.15) is 0 Å². The van der Waals surface area contributed by atoms with Crippen molar-refractivity contribution in [3.63, 3.8) is 0 Å². The molecule has 1 aromatic heterocycles. The summed E-state index contributed by atoms with van der Waals surface area (Å²) in [5.41, 5.74) is 11.7. The molecule has 3 nitrogen and oxygen atoms in total. The summed E-state index contributed by atoms with van der Waals surface area (Å²) in [6.45, 7) is 0. The summed E-state index contributed by atoms with van der Waals surface area (Å²) in [7, 11) is 0. The average molecular weight is 576 g/mol. The van der Waals surface area contributed by atoms with Gasteiger partial charge in [-0.25, -0.2) is 9.97 Å². The van der Waals surface area contributed by atoms with Gasteiger partial charge in [0.25, 0.3) is 0 Å². The van der Waals surface area contributed by atoms with E-state index in [1.165, 1.54) is 11.1 Å². The first-order valence-electron chi connectivity index (χ1n) is 15.5. The number of nitrogens with zero attached hydrogens (tertiary/aromatic N) is 3. The Bertz CT molecular complexity index is 2110. The molecule has 45 heavy (non-hydrogen) atoms. The smallest absolute Gasteiger partial charge is 0.160 e. The van der Waals surface area contributed by atoms with Gasteiger partial charge in [-0.05, 0) is 41.0 Å². The van der Waals surface area contributed by atoms with E-state index >= 15 is 0 Å². The molecule has 3 aliphatic rings. The highest BCUT2D eigenvalue weighted by molar-refractivity contribution is 5.94. The van der Waals surface area contributed by atoms with Crippen LogP contribution in [0.15, 0.2) is 170 Å². The first-order valence-corrected chi connectivity index (χ1v) is 15.5. The zero-order chi connectivity index (χ0) is 29.8. The molecule has 2 heterocycles. The fraction of sp³-hybridized carbons (Fsp3) is 0.0476. The molecule has 1 spiro atoms. The third kappa shape index (κ3) is 3.77. The van der Waals surface area contributed by atoms with Crippen LogP contribution in [0.25, 0.3) is 28.2 Å². The average Bonchev–Trinajstić information content (AvgIpc) is 3.35. The van der Waals surface area contributed by atoms with E-state index < -0.39 is 5.41 Å². The highest BCUT2D eigenvalue weighted by Gasteiger charge is 2.53. The van der Waals surface area contributed by atoms with Gasteiger partial charge in [-0.3, -0.25) is 0 Å². The Morgan fingerprint density at radius 1 is 0.556 bits per heavy atom. The zero-order valence-corrected chi connectivity index (χ0v) is 24.6. The van der Waals surface area contributed by atoms with Crippen molar-refractivity contribution in [2.45, 2.75) is 5.41 Å². The second-order valence-electron chi connectivity index (χ2n) is 11.8. The first kappa shape index (κ1) is 25.7. The lowest BCUT2D eigenvalue weighted by Gasteiger charge is -2.50. The molecule has 0 saturated carbocycles. The number of allylic oxidation sites excluding steroid dienone is 6. The Kier molecular flexibility index (Phi) is 5.79. The molecule has 1 atom stereocenters. The van der Waals surface area contributed by atoms with Crippen LogP contribution < -0.4 is 4.90 Å². The van der Waals surface area contributed by atoms with Crippen LogP contribution in [0.2, 0.25) is 0 Å². The number of para-hydroxylation sites is 3. The Morgan fingerprint density at radius 3 is 1.80 bits per heavy atom. The molecule has 0 radical (unpaired) electrons. The molecular weight excluding hydrogens is 546 g/mol. The van der Waals surface area contributed by atoms with E-state index in [1.807, 2.05) is 6.07 Å². The van der Waals surface area contributed by atoms with E-state index in [9.17, 15) is 0 Å². The van der Waals surface area contributed by atoms with Gasteiger partial charge in [-0.15, -0.1) is 0 Å². The number of aromatic nitrogens is 2. The molecule has 0 saturated heterocycles. The van der Waals surface area contributed by atoms with Crippen molar-refractivity contribution in [1.82, 2.24) is 9.97 Å². The third-order valence-electron chi connectivity index (χ3n) is 9.37. The zero-order valence-electron chi connectivity index (χ0n) is 24.6. The van der Waals surface area contributed by atoms with Crippen molar-refractivity contribution < 1.29 is 0 Å². The molecule has 3 heteroatoms. The minimum Gasteiger partial charge on any atom is -0.310 e. The lowest BCUT2D eigenvalue weighted by atomic mass is 9.57. The molecule has 5 aromatic carbocycles. The lowest BCUT2D eigenvalue weighted by Crippen LogP contribution is -2.44. The van der Waals surface area contributed by atoms with Gasteiger partial charge in [0, 0.05) is 28.3 Å². The molecule has 9 rings (SSSR count). The number of benzene rings is 5. The fourth-order valence-corrected chi connectivity index (χ4v) is 7.53. The van der Waals surface area contributed by atoms with E-state index in [1.54, 1.807) is 0 Å². The maximum absolute atomic E-state index is 5.63. The maximum Gasteiger partial charge on any atom is 0.160 e. The van der Waals surface area contributed by atoms with Crippen LogP contribution >= 0.6 is 0 Å². The summed E-state index contributed by atoms with van der Waals surface area (Å²) >= 11 is 0. The predicted molar refractivity (Wildman–Crippen MR) is 184 cm³/mol. The SMILES string of the molecule is C1=CC2=CC(C=C1)C1(c3ccccc3N(c3ccccc3)c3ccccc31)c1nc(-c3ccccc3)nc(-c3ccccc3)c12. The summed E-state index contributed by atoms with van der Waals surface area (Å²) in [5.74, 6) is 0.762. The van der Waals surface area contributed by atoms with Crippen LogP contribution in [0, 0.1) is 5.92 Å². The van der Waals surface area contributed by atoms with Crippen LogP contribution in [-0.4, -0.2) is 9.97 Å². The van der Waals surface area contributed by atoms with Crippen molar-refractivity contribution in [3.05, 3.63) is 192 Å². The van der Waals surface area contributed by atoms with Crippen molar-refractivity contribution in [2.75, 3.05) is 4.90 Å². The highest BCUT2D eigenvalue weighted by Crippen LogP contribution is 2.61. The standard InChI is InChI=1S/C42H29N3/c1-4-16-29(17-5-1)39-38-31-20-10-11-21-32(28-31)42(40(38)44-41(43-39)30-18-6-2-7-19-30)34-24-12-14-26-36(34)45(33-22-8-3-9-23-33)37-27-15-13-25-35(37)42/h1-28,32H. The number of hydrogen-bond acceptors (Lipinski definition) is 3. The molecule has 0 fully saturated rings. The molecule has 212 valence electrons. The Labute approximate surface area is 263 Å². The van der Waals surface area contributed by atoms with Gasteiger partial charge in [0.2, 0.25) is 0 Å². The Balaban J connectivity index is 1.46. The minimum atomic E-state index is -0.601. The Hall–Kier alpha value is -5.80. The maximum atomic E-state index is 5.63. The van der Waals surface area contributed by atoms with Crippen molar-refractivity contribution in [3.8, 4) is 22.6 Å². The van der Waals surface area contributed by atoms with Gasteiger partial charge in [0.05, 0.1) is 28.2 Å². The fourth-order valence-electron chi connectivity index (χ4n) is 7.53. The summed E-state index contributed by atoms with van der Waals surface area (Å²) in [6.07, 6.45) is 11.4. The molecule has 0 amide bonds. The molecule has 1 unspecified atom stereocenters. The van der Waals surface area contributed by atoms with Gasteiger partial charge >= 0.3 is 0 Å². The van der Waals surface area contributed by atoms with Crippen molar-refractivity contribution in [2.24, 2.45) is 5.92 Å². The van der Waals surface area contributed by atoms with Crippen LogP contribution in [0.5, 0.6) is 0 Å². The second-order valence-corrected chi connectivity index (χ2v) is 11.8. The van der Waals surface area contributed by atoms with Gasteiger partial charge in [0.1, 0.15) is 0 Å². The largest absolute Gasteiger partial charge is 0.310 e. The van der Waals surface area contributed by atoms with Crippen molar-refractivity contribution in [1.29, 1.82) is 0 Å². The Morgan fingerprint density at radius 2 is 1.13 bits per heavy atom. The summed E-state index contributed by atoms with van der Waals surface area (Å²) < 4.78 is 0. The molecular formula is C42H29N3. The van der Waals surface area contributed by atoms with Gasteiger partial charge in [-0.1, -0.05) is 146 Å².